The molecule has 24 heavy (non-hydrogen) atoms. The van der Waals surface area contributed by atoms with Crippen LogP contribution in [0.15, 0.2) is 48.7 Å². The molecule has 1 unspecified atom stereocenters. The molecule has 4 heteroatoms. The summed E-state index contributed by atoms with van der Waals surface area (Å²) in [6.45, 7) is 8.13. The van der Waals surface area contributed by atoms with Crippen molar-refractivity contribution in [1.82, 2.24) is 15.2 Å². The number of rotatable bonds is 7. The first-order chi connectivity index (χ1) is 11.7. The van der Waals surface area contributed by atoms with Crippen LogP contribution in [-0.2, 0) is 13.1 Å². The smallest absolute Gasteiger partial charge is 0.123 e. The van der Waals surface area contributed by atoms with Crippen LogP contribution in [0.1, 0.15) is 31.5 Å². The summed E-state index contributed by atoms with van der Waals surface area (Å²) < 4.78 is 6.18. The highest BCUT2D eigenvalue weighted by Gasteiger charge is 2.24. The van der Waals surface area contributed by atoms with Crippen molar-refractivity contribution in [3.63, 3.8) is 0 Å². The molecule has 0 aliphatic carbocycles. The van der Waals surface area contributed by atoms with Crippen LogP contribution in [0.25, 0.3) is 0 Å². The summed E-state index contributed by atoms with van der Waals surface area (Å²) in [5.41, 5.74) is 2.39. The van der Waals surface area contributed by atoms with Crippen molar-refractivity contribution < 1.29 is 4.74 Å². The Hall–Kier alpha value is -1.91. The number of pyridine rings is 1. The van der Waals surface area contributed by atoms with E-state index in [9.17, 15) is 0 Å². The number of nitrogens with zero attached hydrogens (tertiary/aromatic N) is 2. The van der Waals surface area contributed by atoms with Crippen molar-refractivity contribution in [2.24, 2.45) is 0 Å². The molecule has 1 fully saturated rings. The van der Waals surface area contributed by atoms with Crippen LogP contribution in [0.2, 0.25) is 0 Å². The maximum atomic E-state index is 6.18. The topological polar surface area (TPSA) is 37.4 Å². The highest BCUT2D eigenvalue weighted by atomic mass is 16.5. The van der Waals surface area contributed by atoms with Crippen molar-refractivity contribution in [2.45, 2.75) is 45.5 Å². The van der Waals surface area contributed by atoms with Gasteiger partial charge in [0, 0.05) is 44.5 Å². The minimum Gasteiger partial charge on any atom is -0.489 e. The second-order valence-electron chi connectivity index (χ2n) is 6.77. The zero-order valence-electron chi connectivity index (χ0n) is 14.6. The van der Waals surface area contributed by atoms with Gasteiger partial charge in [0.2, 0.25) is 0 Å². The van der Waals surface area contributed by atoms with Crippen molar-refractivity contribution >= 4 is 0 Å². The lowest BCUT2D eigenvalue weighted by Crippen LogP contribution is -2.25. The van der Waals surface area contributed by atoms with Gasteiger partial charge in [0.1, 0.15) is 11.9 Å². The highest BCUT2D eigenvalue weighted by Crippen LogP contribution is 2.20. The van der Waals surface area contributed by atoms with Crippen LogP contribution in [0.3, 0.4) is 0 Å². The van der Waals surface area contributed by atoms with E-state index >= 15 is 0 Å². The molecular formula is C20H27N3O. The van der Waals surface area contributed by atoms with E-state index in [-0.39, 0.29) is 6.10 Å². The van der Waals surface area contributed by atoms with Gasteiger partial charge >= 0.3 is 0 Å². The summed E-state index contributed by atoms with van der Waals surface area (Å²) in [4.78, 5) is 6.86. The number of hydrogen-bond donors (Lipinski definition) is 1. The standard InChI is InChI=1S/C20H27N3O/c1-16(2)22-13-18-12-19(8-10-21-18)24-20-9-11-23(15-20)14-17-6-4-3-5-7-17/h3-8,10,12,16,20,22H,9,11,13-15H2,1-2H3. The SMILES string of the molecule is CC(C)NCc1cc(OC2CCN(Cc3ccccc3)C2)ccn1. The van der Waals surface area contributed by atoms with E-state index in [0.717, 1.165) is 44.0 Å². The Morgan fingerprint density at radius 1 is 1.25 bits per heavy atom. The molecule has 2 aromatic rings. The number of benzene rings is 1. The number of aromatic nitrogens is 1. The Bertz CT molecular complexity index is 630. The maximum Gasteiger partial charge on any atom is 0.123 e. The molecule has 1 atom stereocenters. The Balaban J connectivity index is 1.51. The molecule has 3 rings (SSSR count). The summed E-state index contributed by atoms with van der Waals surface area (Å²) in [5, 5.41) is 3.39. The second-order valence-corrected chi connectivity index (χ2v) is 6.77. The quantitative estimate of drug-likeness (QED) is 0.848. The third-order valence-electron chi connectivity index (χ3n) is 4.26. The van der Waals surface area contributed by atoms with Gasteiger partial charge in [-0.1, -0.05) is 44.2 Å². The summed E-state index contributed by atoms with van der Waals surface area (Å²) in [6.07, 6.45) is 3.18. The summed E-state index contributed by atoms with van der Waals surface area (Å²) >= 11 is 0. The summed E-state index contributed by atoms with van der Waals surface area (Å²) in [7, 11) is 0. The number of nitrogens with one attached hydrogen (secondary N) is 1. The normalized spacial score (nSPS) is 18.2. The molecule has 0 bridgehead atoms. The molecule has 1 aliphatic rings. The molecule has 1 saturated heterocycles. The van der Waals surface area contributed by atoms with Crippen LogP contribution >= 0.6 is 0 Å². The number of hydrogen-bond acceptors (Lipinski definition) is 4. The van der Waals surface area contributed by atoms with Gasteiger partial charge in [-0.05, 0) is 18.1 Å². The Labute approximate surface area is 144 Å². The molecule has 0 saturated carbocycles. The molecule has 1 aromatic heterocycles. The molecular weight excluding hydrogens is 298 g/mol. The van der Waals surface area contributed by atoms with Gasteiger partial charge in [0.05, 0.1) is 5.69 Å². The molecule has 0 spiro atoms. The molecule has 0 amide bonds. The number of ether oxygens (including phenoxy) is 1. The zero-order valence-corrected chi connectivity index (χ0v) is 14.6. The Morgan fingerprint density at radius 3 is 2.88 bits per heavy atom. The van der Waals surface area contributed by atoms with E-state index in [1.807, 2.05) is 12.3 Å². The lowest BCUT2D eigenvalue weighted by atomic mass is 10.2. The van der Waals surface area contributed by atoms with Crippen LogP contribution in [0.4, 0.5) is 0 Å². The first kappa shape index (κ1) is 16.9. The zero-order chi connectivity index (χ0) is 16.8. The molecule has 4 nitrogen and oxygen atoms in total. The van der Waals surface area contributed by atoms with Gasteiger partial charge in [-0.25, -0.2) is 0 Å². The molecule has 1 aliphatic heterocycles. The predicted octanol–water partition coefficient (Wildman–Crippen LogP) is 3.23. The monoisotopic (exact) mass is 325 g/mol. The van der Waals surface area contributed by atoms with Gasteiger partial charge in [0.15, 0.2) is 0 Å². The van der Waals surface area contributed by atoms with Crippen LogP contribution in [-0.4, -0.2) is 35.1 Å². The molecule has 0 radical (unpaired) electrons. The fourth-order valence-corrected chi connectivity index (χ4v) is 3.01. The fourth-order valence-electron chi connectivity index (χ4n) is 3.01. The summed E-state index contributed by atoms with van der Waals surface area (Å²) in [6, 6.07) is 15.1. The largest absolute Gasteiger partial charge is 0.489 e. The van der Waals surface area contributed by atoms with E-state index in [0.29, 0.717) is 6.04 Å². The number of likely N-dealkylation sites (tertiary alicyclic amines) is 1. The maximum absolute atomic E-state index is 6.18. The van der Waals surface area contributed by atoms with Crippen molar-refractivity contribution in [2.75, 3.05) is 13.1 Å². The molecule has 2 heterocycles. The lowest BCUT2D eigenvalue weighted by Gasteiger charge is -2.17. The fraction of sp³-hybridized carbons (Fsp3) is 0.450. The van der Waals surface area contributed by atoms with E-state index in [1.54, 1.807) is 0 Å². The van der Waals surface area contributed by atoms with Crippen molar-refractivity contribution in [3.8, 4) is 5.75 Å². The first-order valence-electron chi connectivity index (χ1n) is 8.80. The average Bonchev–Trinajstić information content (AvgIpc) is 3.01. The van der Waals surface area contributed by atoms with Crippen LogP contribution in [0, 0.1) is 0 Å². The molecule has 1 N–H and O–H groups in total. The minimum atomic E-state index is 0.266. The Kier molecular flexibility index (Phi) is 5.83. The summed E-state index contributed by atoms with van der Waals surface area (Å²) in [5.74, 6) is 0.928. The van der Waals surface area contributed by atoms with Gasteiger partial charge in [0.25, 0.3) is 0 Å². The third kappa shape index (κ3) is 5.05. The molecule has 1 aromatic carbocycles. The second kappa shape index (κ2) is 8.27. The average molecular weight is 325 g/mol. The van der Waals surface area contributed by atoms with Crippen LogP contribution in [0.5, 0.6) is 5.75 Å². The van der Waals surface area contributed by atoms with E-state index in [4.69, 9.17) is 4.74 Å². The molecule has 128 valence electrons. The predicted molar refractivity (Wildman–Crippen MR) is 97.0 cm³/mol. The van der Waals surface area contributed by atoms with E-state index < -0.39 is 0 Å². The van der Waals surface area contributed by atoms with Gasteiger partial charge in [-0.3, -0.25) is 9.88 Å². The minimum absolute atomic E-state index is 0.266. The van der Waals surface area contributed by atoms with Crippen LogP contribution < -0.4 is 10.1 Å². The van der Waals surface area contributed by atoms with E-state index in [2.05, 4.69) is 65.4 Å². The van der Waals surface area contributed by atoms with E-state index in [1.165, 1.54) is 5.56 Å². The van der Waals surface area contributed by atoms with Gasteiger partial charge < -0.3 is 10.1 Å². The first-order valence-corrected chi connectivity index (χ1v) is 8.80. The van der Waals surface area contributed by atoms with Crippen molar-refractivity contribution in [3.05, 3.63) is 59.9 Å². The van der Waals surface area contributed by atoms with Gasteiger partial charge in [-0.15, -0.1) is 0 Å². The Morgan fingerprint density at radius 2 is 2.08 bits per heavy atom. The van der Waals surface area contributed by atoms with Gasteiger partial charge in [-0.2, -0.15) is 0 Å². The lowest BCUT2D eigenvalue weighted by molar-refractivity contribution is 0.198. The highest BCUT2D eigenvalue weighted by molar-refractivity contribution is 5.23. The van der Waals surface area contributed by atoms with Crippen molar-refractivity contribution in [1.29, 1.82) is 0 Å². The third-order valence-corrected chi connectivity index (χ3v) is 4.26.